The van der Waals surface area contributed by atoms with E-state index in [1.54, 1.807) is 12.1 Å². The molecule has 3 amide bonds. The number of aliphatic hydroxyl groups is 1. The maximum atomic E-state index is 12.2. The van der Waals surface area contributed by atoms with Crippen molar-refractivity contribution >= 4 is 11.9 Å². The number of carbonyl (C=O) groups is 2. The van der Waals surface area contributed by atoms with Gasteiger partial charge in [-0.1, -0.05) is 66.7 Å². The van der Waals surface area contributed by atoms with Crippen LogP contribution < -0.4 is 20.1 Å². The zero-order valence-corrected chi connectivity index (χ0v) is 17.4. The second-order valence-electron chi connectivity index (χ2n) is 7.55. The second-order valence-corrected chi connectivity index (χ2v) is 7.55. The third kappa shape index (κ3) is 5.44. The van der Waals surface area contributed by atoms with Gasteiger partial charge in [0.25, 0.3) is 0 Å². The summed E-state index contributed by atoms with van der Waals surface area (Å²) in [6.07, 6.45) is -1.02. The standard InChI is InChI=1S/C25H24N2O5/c28-23-20(24(29)27-25(30)26-23)13-19-11-12-21(31-15-17-7-3-1-4-8-17)22(14-19)32-16-18-9-5-2-6-10-18/h1-12,14,20,23,28H,13,15-16H2,(H2,26,27,29,30). The lowest BCUT2D eigenvalue weighted by Gasteiger charge is -2.27. The fourth-order valence-corrected chi connectivity index (χ4v) is 3.46. The Morgan fingerprint density at radius 2 is 1.34 bits per heavy atom. The Morgan fingerprint density at radius 3 is 1.94 bits per heavy atom. The summed E-state index contributed by atoms with van der Waals surface area (Å²) < 4.78 is 12.1. The third-order valence-corrected chi connectivity index (χ3v) is 5.17. The Labute approximate surface area is 186 Å². The van der Waals surface area contributed by atoms with Gasteiger partial charge in [0.05, 0.1) is 5.92 Å². The van der Waals surface area contributed by atoms with E-state index in [1.807, 2.05) is 66.7 Å². The van der Waals surface area contributed by atoms with Crippen molar-refractivity contribution in [1.82, 2.24) is 10.6 Å². The van der Waals surface area contributed by atoms with Crippen LogP contribution in [0, 0.1) is 5.92 Å². The SMILES string of the molecule is O=C1NC(=O)C(Cc2ccc(OCc3ccccc3)c(OCc3ccccc3)c2)C(O)N1. The maximum absolute atomic E-state index is 12.2. The Morgan fingerprint density at radius 1 is 0.750 bits per heavy atom. The summed E-state index contributed by atoms with van der Waals surface area (Å²) in [5.41, 5.74) is 2.82. The van der Waals surface area contributed by atoms with Gasteiger partial charge in [-0.3, -0.25) is 10.1 Å². The number of urea groups is 1. The summed E-state index contributed by atoms with van der Waals surface area (Å²) in [5.74, 6) is -0.198. The molecule has 0 bridgehead atoms. The molecule has 164 valence electrons. The predicted molar refractivity (Wildman–Crippen MR) is 118 cm³/mol. The average molecular weight is 432 g/mol. The molecule has 0 radical (unpaired) electrons. The van der Waals surface area contributed by atoms with E-state index in [-0.39, 0.29) is 6.42 Å². The minimum atomic E-state index is -1.25. The van der Waals surface area contributed by atoms with E-state index < -0.39 is 24.1 Å². The van der Waals surface area contributed by atoms with E-state index in [0.717, 1.165) is 16.7 Å². The Kier molecular flexibility index (Phi) is 6.67. The molecule has 0 aliphatic carbocycles. The number of imide groups is 1. The van der Waals surface area contributed by atoms with Crippen LogP contribution in [0.3, 0.4) is 0 Å². The summed E-state index contributed by atoms with van der Waals surface area (Å²) in [7, 11) is 0. The monoisotopic (exact) mass is 432 g/mol. The van der Waals surface area contributed by atoms with Gasteiger partial charge in [-0.05, 0) is 35.2 Å². The molecule has 32 heavy (non-hydrogen) atoms. The zero-order valence-electron chi connectivity index (χ0n) is 17.4. The molecule has 1 heterocycles. The Bertz CT molecular complexity index is 1070. The van der Waals surface area contributed by atoms with Gasteiger partial charge < -0.3 is 19.9 Å². The van der Waals surface area contributed by atoms with E-state index in [2.05, 4.69) is 10.6 Å². The fourth-order valence-electron chi connectivity index (χ4n) is 3.46. The fraction of sp³-hybridized carbons (Fsp3) is 0.200. The van der Waals surface area contributed by atoms with Gasteiger partial charge in [0.2, 0.25) is 5.91 Å². The smallest absolute Gasteiger partial charge is 0.323 e. The molecule has 2 atom stereocenters. The number of hydrogen-bond donors (Lipinski definition) is 3. The molecule has 1 aliphatic heterocycles. The second kappa shape index (κ2) is 9.98. The van der Waals surface area contributed by atoms with Gasteiger partial charge >= 0.3 is 6.03 Å². The van der Waals surface area contributed by atoms with E-state index in [1.165, 1.54) is 0 Å². The lowest BCUT2D eigenvalue weighted by Crippen LogP contribution is -2.58. The van der Waals surface area contributed by atoms with Crippen molar-refractivity contribution in [2.24, 2.45) is 5.92 Å². The number of hydrogen-bond acceptors (Lipinski definition) is 5. The first-order valence-electron chi connectivity index (χ1n) is 10.3. The zero-order chi connectivity index (χ0) is 22.3. The van der Waals surface area contributed by atoms with Crippen molar-refractivity contribution in [3.05, 3.63) is 95.6 Å². The predicted octanol–water partition coefficient (Wildman–Crippen LogP) is 3.16. The first kappa shape index (κ1) is 21.4. The summed E-state index contributed by atoms with van der Waals surface area (Å²) in [6, 6.07) is 24.3. The molecular weight excluding hydrogens is 408 g/mol. The lowest BCUT2D eigenvalue weighted by atomic mass is 9.95. The first-order chi connectivity index (χ1) is 15.6. The highest BCUT2D eigenvalue weighted by atomic mass is 16.5. The van der Waals surface area contributed by atoms with Crippen LogP contribution in [-0.4, -0.2) is 23.3 Å². The average Bonchev–Trinajstić information content (AvgIpc) is 2.80. The highest BCUT2D eigenvalue weighted by Crippen LogP contribution is 2.31. The van der Waals surface area contributed by atoms with E-state index >= 15 is 0 Å². The van der Waals surface area contributed by atoms with E-state index in [4.69, 9.17) is 9.47 Å². The van der Waals surface area contributed by atoms with Gasteiger partial charge in [-0.2, -0.15) is 0 Å². The molecule has 0 aromatic heterocycles. The van der Waals surface area contributed by atoms with Gasteiger partial charge in [-0.15, -0.1) is 0 Å². The molecule has 3 aromatic carbocycles. The van der Waals surface area contributed by atoms with E-state index in [0.29, 0.717) is 24.7 Å². The van der Waals surface area contributed by atoms with Crippen LogP contribution in [0.25, 0.3) is 0 Å². The molecule has 3 N–H and O–H groups in total. The van der Waals surface area contributed by atoms with Gasteiger partial charge in [-0.25, -0.2) is 4.79 Å². The van der Waals surface area contributed by atoms with Gasteiger partial charge in [0.1, 0.15) is 19.4 Å². The van der Waals surface area contributed by atoms with Crippen LogP contribution in [0.15, 0.2) is 78.9 Å². The van der Waals surface area contributed by atoms with Gasteiger partial charge in [0, 0.05) is 0 Å². The summed E-state index contributed by atoms with van der Waals surface area (Å²) >= 11 is 0. The molecule has 7 heteroatoms. The molecular formula is C25H24N2O5. The normalized spacial score (nSPS) is 17.9. The van der Waals surface area contributed by atoms with Crippen molar-refractivity contribution in [3.63, 3.8) is 0 Å². The first-order valence-corrected chi connectivity index (χ1v) is 10.3. The number of carbonyl (C=O) groups excluding carboxylic acids is 2. The minimum absolute atomic E-state index is 0.230. The molecule has 0 saturated carbocycles. The molecule has 2 unspecified atom stereocenters. The summed E-state index contributed by atoms with van der Waals surface area (Å²) in [4.78, 5) is 23.5. The molecule has 1 fully saturated rings. The number of amides is 3. The van der Waals surface area contributed by atoms with Gasteiger partial charge in [0.15, 0.2) is 11.5 Å². The number of aliphatic hydroxyl groups excluding tert-OH is 1. The number of nitrogens with one attached hydrogen (secondary N) is 2. The van der Waals surface area contributed by atoms with Crippen molar-refractivity contribution in [3.8, 4) is 11.5 Å². The number of ether oxygens (including phenoxy) is 2. The van der Waals surface area contributed by atoms with Crippen LogP contribution in [0.2, 0.25) is 0 Å². The highest BCUT2D eigenvalue weighted by Gasteiger charge is 2.34. The molecule has 1 saturated heterocycles. The van der Waals surface area contributed by atoms with Crippen LogP contribution in [0.5, 0.6) is 11.5 Å². The topological polar surface area (TPSA) is 96.9 Å². The van der Waals surface area contributed by atoms with Crippen LogP contribution in [-0.2, 0) is 24.4 Å². The molecule has 4 rings (SSSR count). The van der Waals surface area contributed by atoms with E-state index in [9.17, 15) is 14.7 Å². The molecule has 0 spiro atoms. The van der Waals surface area contributed by atoms with Crippen molar-refractivity contribution in [1.29, 1.82) is 0 Å². The Balaban J connectivity index is 1.52. The Hall–Kier alpha value is -3.84. The quantitative estimate of drug-likeness (QED) is 0.508. The highest BCUT2D eigenvalue weighted by molar-refractivity contribution is 5.98. The maximum Gasteiger partial charge on any atom is 0.323 e. The molecule has 1 aliphatic rings. The molecule has 7 nitrogen and oxygen atoms in total. The lowest BCUT2D eigenvalue weighted by molar-refractivity contribution is -0.129. The summed E-state index contributed by atoms with van der Waals surface area (Å²) in [6.45, 7) is 0.742. The largest absolute Gasteiger partial charge is 0.485 e. The number of rotatable bonds is 8. The minimum Gasteiger partial charge on any atom is -0.485 e. The van der Waals surface area contributed by atoms with Crippen LogP contribution in [0.1, 0.15) is 16.7 Å². The van der Waals surface area contributed by atoms with Crippen molar-refractivity contribution < 1.29 is 24.2 Å². The van der Waals surface area contributed by atoms with Crippen LogP contribution in [0.4, 0.5) is 4.79 Å². The third-order valence-electron chi connectivity index (χ3n) is 5.17. The number of benzene rings is 3. The van der Waals surface area contributed by atoms with Crippen molar-refractivity contribution in [2.45, 2.75) is 25.9 Å². The van der Waals surface area contributed by atoms with Crippen molar-refractivity contribution in [2.75, 3.05) is 0 Å². The molecule has 3 aromatic rings. The van der Waals surface area contributed by atoms with Crippen LogP contribution >= 0.6 is 0 Å². The summed E-state index contributed by atoms with van der Waals surface area (Å²) in [5, 5.41) is 14.6.